The molecule has 0 radical (unpaired) electrons. The molecule has 1 fully saturated rings. The quantitative estimate of drug-likeness (QED) is 0.662. The standard InChI is InChI=1S/C10H18N2O2/c1-7-9(10(14)11-3)5-4-6-12(7)8(2)13/h7,9H,4-6H2,1-3H3,(H,11,14)/t7-,9-/m0/s1. The first kappa shape index (κ1) is 11.0. The molecule has 1 saturated heterocycles. The maximum atomic E-state index is 11.5. The summed E-state index contributed by atoms with van der Waals surface area (Å²) in [6.45, 7) is 4.28. The third-order valence-corrected chi connectivity index (χ3v) is 2.98. The number of hydrogen-bond donors (Lipinski definition) is 1. The van der Waals surface area contributed by atoms with Crippen molar-refractivity contribution in [3.05, 3.63) is 0 Å². The van der Waals surface area contributed by atoms with Crippen molar-refractivity contribution in [3.8, 4) is 0 Å². The SMILES string of the molecule is CNC(=O)[C@H]1CCCN(C(C)=O)[C@H]1C. The van der Waals surface area contributed by atoms with Gasteiger partial charge in [0, 0.05) is 26.6 Å². The van der Waals surface area contributed by atoms with Crippen LogP contribution in [-0.2, 0) is 9.59 Å². The van der Waals surface area contributed by atoms with Crippen LogP contribution in [-0.4, -0.2) is 36.3 Å². The van der Waals surface area contributed by atoms with Crippen LogP contribution in [0.4, 0.5) is 0 Å². The molecule has 0 aromatic rings. The molecule has 14 heavy (non-hydrogen) atoms. The Morgan fingerprint density at radius 3 is 2.57 bits per heavy atom. The highest BCUT2D eigenvalue weighted by atomic mass is 16.2. The van der Waals surface area contributed by atoms with Gasteiger partial charge in [-0.25, -0.2) is 0 Å². The van der Waals surface area contributed by atoms with Crippen molar-refractivity contribution >= 4 is 11.8 Å². The number of piperidine rings is 1. The molecule has 1 aliphatic rings. The van der Waals surface area contributed by atoms with Crippen LogP contribution in [0.15, 0.2) is 0 Å². The number of nitrogens with zero attached hydrogens (tertiary/aromatic N) is 1. The van der Waals surface area contributed by atoms with Crippen LogP contribution < -0.4 is 5.32 Å². The van der Waals surface area contributed by atoms with E-state index in [-0.39, 0.29) is 23.8 Å². The van der Waals surface area contributed by atoms with E-state index in [0.29, 0.717) is 0 Å². The molecule has 4 nitrogen and oxygen atoms in total. The second-order valence-corrected chi connectivity index (χ2v) is 3.82. The molecule has 2 atom stereocenters. The van der Waals surface area contributed by atoms with Gasteiger partial charge in [-0.1, -0.05) is 0 Å². The molecule has 0 aliphatic carbocycles. The second-order valence-electron chi connectivity index (χ2n) is 3.82. The van der Waals surface area contributed by atoms with Gasteiger partial charge in [-0.3, -0.25) is 9.59 Å². The number of rotatable bonds is 1. The molecule has 4 heteroatoms. The first-order valence-corrected chi connectivity index (χ1v) is 5.06. The van der Waals surface area contributed by atoms with Gasteiger partial charge < -0.3 is 10.2 Å². The summed E-state index contributed by atoms with van der Waals surface area (Å²) in [5.74, 6) is 0.0622. The largest absolute Gasteiger partial charge is 0.359 e. The first-order valence-electron chi connectivity index (χ1n) is 5.06. The predicted octanol–water partition coefficient (Wildman–Crippen LogP) is 0.379. The van der Waals surface area contributed by atoms with Crippen molar-refractivity contribution in [1.29, 1.82) is 0 Å². The van der Waals surface area contributed by atoms with Crippen LogP contribution in [0.3, 0.4) is 0 Å². The van der Waals surface area contributed by atoms with Gasteiger partial charge in [-0.2, -0.15) is 0 Å². The van der Waals surface area contributed by atoms with Gasteiger partial charge in [0.15, 0.2) is 0 Å². The summed E-state index contributed by atoms with van der Waals surface area (Å²) < 4.78 is 0. The van der Waals surface area contributed by atoms with Crippen molar-refractivity contribution in [2.45, 2.75) is 32.7 Å². The smallest absolute Gasteiger partial charge is 0.224 e. The fourth-order valence-electron chi connectivity index (χ4n) is 2.12. The number of likely N-dealkylation sites (tertiary alicyclic amines) is 1. The van der Waals surface area contributed by atoms with E-state index in [2.05, 4.69) is 5.32 Å². The van der Waals surface area contributed by atoms with E-state index in [4.69, 9.17) is 0 Å². The minimum absolute atomic E-state index is 0.0289. The highest BCUT2D eigenvalue weighted by Gasteiger charge is 2.33. The Bertz CT molecular complexity index is 240. The Morgan fingerprint density at radius 1 is 1.43 bits per heavy atom. The molecule has 0 aromatic heterocycles. The molecular formula is C10H18N2O2. The minimum atomic E-state index is -0.0438. The van der Waals surface area contributed by atoms with Gasteiger partial charge in [-0.15, -0.1) is 0 Å². The van der Waals surface area contributed by atoms with E-state index in [1.807, 2.05) is 6.92 Å². The number of nitrogens with one attached hydrogen (secondary N) is 1. The molecule has 1 aliphatic heterocycles. The lowest BCUT2D eigenvalue weighted by molar-refractivity contribution is -0.137. The van der Waals surface area contributed by atoms with Gasteiger partial charge in [0.05, 0.1) is 5.92 Å². The molecule has 1 heterocycles. The lowest BCUT2D eigenvalue weighted by Gasteiger charge is -2.37. The summed E-state index contributed by atoms with van der Waals surface area (Å²) in [5.41, 5.74) is 0. The van der Waals surface area contributed by atoms with E-state index >= 15 is 0 Å². The summed E-state index contributed by atoms with van der Waals surface area (Å²) >= 11 is 0. The van der Waals surface area contributed by atoms with Crippen LogP contribution in [0, 0.1) is 5.92 Å². The zero-order valence-electron chi connectivity index (χ0n) is 9.04. The van der Waals surface area contributed by atoms with E-state index in [1.165, 1.54) is 0 Å². The maximum absolute atomic E-state index is 11.5. The Balaban J connectivity index is 2.70. The Labute approximate surface area is 84.7 Å². The zero-order valence-corrected chi connectivity index (χ0v) is 9.04. The van der Waals surface area contributed by atoms with E-state index < -0.39 is 0 Å². The van der Waals surface area contributed by atoms with Crippen molar-refractivity contribution in [3.63, 3.8) is 0 Å². The average Bonchev–Trinajstić information content (AvgIpc) is 2.16. The first-order chi connectivity index (χ1) is 6.57. The van der Waals surface area contributed by atoms with Gasteiger partial charge in [0.2, 0.25) is 11.8 Å². The summed E-state index contributed by atoms with van der Waals surface area (Å²) in [7, 11) is 1.64. The lowest BCUT2D eigenvalue weighted by Crippen LogP contribution is -2.50. The summed E-state index contributed by atoms with van der Waals surface area (Å²) in [6, 6.07) is 0.0289. The summed E-state index contributed by atoms with van der Waals surface area (Å²) in [6.07, 6.45) is 1.80. The van der Waals surface area contributed by atoms with Crippen LogP contribution >= 0.6 is 0 Å². The molecule has 0 spiro atoms. The van der Waals surface area contributed by atoms with E-state index in [9.17, 15) is 9.59 Å². The second kappa shape index (κ2) is 4.44. The Hall–Kier alpha value is -1.06. The van der Waals surface area contributed by atoms with E-state index in [1.54, 1.807) is 18.9 Å². The van der Waals surface area contributed by atoms with Crippen LogP contribution in [0.1, 0.15) is 26.7 Å². The summed E-state index contributed by atoms with van der Waals surface area (Å²) in [5, 5.41) is 2.65. The van der Waals surface area contributed by atoms with Gasteiger partial charge in [-0.05, 0) is 19.8 Å². The molecule has 0 aromatic carbocycles. The topological polar surface area (TPSA) is 49.4 Å². The predicted molar refractivity (Wildman–Crippen MR) is 53.6 cm³/mol. The minimum Gasteiger partial charge on any atom is -0.359 e. The number of carbonyl (C=O) groups is 2. The van der Waals surface area contributed by atoms with Crippen LogP contribution in [0.2, 0.25) is 0 Å². The van der Waals surface area contributed by atoms with Gasteiger partial charge in [0.25, 0.3) is 0 Å². The maximum Gasteiger partial charge on any atom is 0.224 e. The molecule has 80 valence electrons. The highest BCUT2D eigenvalue weighted by Crippen LogP contribution is 2.23. The van der Waals surface area contributed by atoms with Gasteiger partial charge in [0.1, 0.15) is 0 Å². The Kier molecular flexibility index (Phi) is 3.49. The normalized spacial score (nSPS) is 27.2. The third-order valence-electron chi connectivity index (χ3n) is 2.98. The number of amides is 2. The van der Waals surface area contributed by atoms with Crippen LogP contribution in [0.25, 0.3) is 0 Å². The van der Waals surface area contributed by atoms with Crippen molar-refractivity contribution in [2.75, 3.05) is 13.6 Å². The lowest BCUT2D eigenvalue weighted by atomic mass is 9.89. The highest BCUT2D eigenvalue weighted by molar-refractivity contribution is 5.81. The molecule has 1 rings (SSSR count). The fourth-order valence-corrected chi connectivity index (χ4v) is 2.12. The number of carbonyl (C=O) groups excluding carboxylic acids is 2. The molecule has 0 bridgehead atoms. The zero-order chi connectivity index (χ0) is 10.7. The molecule has 2 amide bonds. The van der Waals surface area contributed by atoms with Crippen LogP contribution in [0.5, 0.6) is 0 Å². The fraction of sp³-hybridized carbons (Fsp3) is 0.800. The van der Waals surface area contributed by atoms with Crippen molar-refractivity contribution < 1.29 is 9.59 Å². The molecule has 0 saturated carbocycles. The molecule has 1 N–H and O–H groups in total. The van der Waals surface area contributed by atoms with Crippen molar-refractivity contribution in [1.82, 2.24) is 10.2 Å². The number of hydrogen-bond acceptors (Lipinski definition) is 2. The average molecular weight is 198 g/mol. The van der Waals surface area contributed by atoms with Gasteiger partial charge >= 0.3 is 0 Å². The Morgan fingerprint density at radius 2 is 2.07 bits per heavy atom. The molecule has 0 unspecified atom stereocenters. The summed E-state index contributed by atoms with van der Waals surface area (Å²) in [4.78, 5) is 24.5. The molecular weight excluding hydrogens is 180 g/mol. The van der Waals surface area contributed by atoms with E-state index in [0.717, 1.165) is 19.4 Å². The third kappa shape index (κ3) is 2.05. The monoisotopic (exact) mass is 198 g/mol. The van der Waals surface area contributed by atoms with Crippen molar-refractivity contribution in [2.24, 2.45) is 5.92 Å².